The second-order valence-corrected chi connectivity index (χ2v) is 13.8. The highest BCUT2D eigenvalue weighted by Crippen LogP contribution is 2.33. The molecule has 2 amide bonds. The van der Waals surface area contributed by atoms with Crippen molar-refractivity contribution in [2.75, 3.05) is 18.0 Å². The number of hydrogen-bond donors (Lipinski definition) is 1. The molecule has 2 fully saturated rings. The normalized spacial score (nSPS) is 17.3. The molecule has 3 heterocycles. The van der Waals surface area contributed by atoms with Crippen molar-refractivity contribution >= 4 is 49.9 Å². The summed E-state index contributed by atoms with van der Waals surface area (Å²) in [7, 11) is -3.66. The molecule has 1 saturated carbocycles. The molecular weight excluding hydrogens is 573 g/mol. The molecule has 1 unspecified atom stereocenters. The zero-order valence-electron chi connectivity index (χ0n) is 23.3. The summed E-state index contributed by atoms with van der Waals surface area (Å²) in [6.45, 7) is 0.859. The number of amides is 2. The lowest BCUT2D eigenvalue weighted by Gasteiger charge is -2.32. The smallest absolute Gasteiger partial charge is 0.249 e. The molecule has 1 aliphatic carbocycles. The molecule has 4 aromatic rings. The average Bonchev–Trinajstić information content (AvgIpc) is 3.80. The Hall–Kier alpha value is -3.61. The highest BCUT2D eigenvalue weighted by molar-refractivity contribution is 7.89. The summed E-state index contributed by atoms with van der Waals surface area (Å²) < 4.78 is 29.7. The first-order chi connectivity index (χ1) is 20.4. The number of anilines is 1. The van der Waals surface area contributed by atoms with E-state index < -0.39 is 16.1 Å². The minimum atomic E-state index is -3.66. The zero-order valence-corrected chi connectivity index (χ0v) is 24.9. The van der Waals surface area contributed by atoms with Crippen molar-refractivity contribution in [2.24, 2.45) is 0 Å². The Morgan fingerprint density at radius 2 is 1.69 bits per heavy atom. The van der Waals surface area contributed by atoms with Crippen LogP contribution >= 0.6 is 11.3 Å². The molecule has 220 valence electrons. The number of nitrogens with one attached hydrogen (secondary N) is 1. The van der Waals surface area contributed by atoms with Crippen LogP contribution in [0, 0.1) is 0 Å². The van der Waals surface area contributed by atoms with E-state index in [0.717, 1.165) is 44.9 Å². The van der Waals surface area contributed by atoms with E-state index in [2.05, 4.69) is 15.6 Å². The Balaban J connectivity index is 1.37. The van der Waals surface area contributed by atoms with E-state index in [0.29, 0.717) is 34.7 Å². The van der Waals surface area contributed by atoms with Crippen molar-refractivity contribution < 1.29 is 18.0 Å². The fourth-order valence-electron chi connectivity index (χ4n) is 5.88. The van der Waals surface area contributed by atoms with Gasteiger partial charge < -0.3 is 5.32 Å². The summed E-state index contributed by atoms with van der Waals surface area (Å²) in [5.74, 6) is -0.622. The van der Waals surface area contributed by atoms with Crippen LogP contribution in [0.25, 0.3) is 11.0 Å². The first-order valence-electron chi connectivity index (χ1n) is 14.5. The fraction of sp³-hybridized carbons (Fsp3) is 0.400. The summed E-state index contributed by atoms with van der Waals surface area (Å²) in [4.78, 5) is 30.5. The van der Waals surface area contributed by atoms with E-state index in [1.807, 2.05) is 41.8 Å². The van der Waals surface area contributed by atoms with Crippen LogP contribution in [0.15, 0.2) is 70.9 Å². The number of hydrogen-bond acceptors (Lipinski definition) is 7. The Morgan fingerprint density at radius 3 is 2.40 bits per heavy atom. The first kappa shape index (κ1) is 28.5. The number of rotatable bonds is 9. The third kappa shape index (κ3) is 5.83. The number of nitrogens with zero attached hydrogens (tertiary/aromatic N) is 5. The monoisotopic (exact) mass is 606 g/mol. The highest BCUT2D eigenvalue weighted by Gasteiger charge is 2.36. The van der Waals surface area contributed by atoms with Gasteiger partial charge in [0.25, 0.3) is 0 Å². The minimum absolute atomic E-state index is 0.0632. The number of piperidine rings is 1. The molecule has 2 aromatic carbocycles. The van der Waals surface area contributed by atoms with E-state index >= 15 is 0 Å². The lowest BCUT2D eigenvalue weighted by molar-refractivity contribution is -0.127. The lowest BCUT2D eigenvalue weighted by atomic mass is 10.1. The molecular formula is C30H34N6O4S2. The molecule has 1 N–H and O–H groups in total. The molecule has 1 aliphatic heterocycles. The van der Waals surface area contributed by atoms with Crippen molar-refractivity contribution in [3.63, 3.8) is 0 Å². The van der Waals surface area contributed by atoms with E-state index in [9.17, 15) is 18.0 Å². The summed E-state index contributed by atoms with van der Waals surface area (Å²) in [5, 5.41) is 13.4. The first-order valence-corrected chi connectivity index (χ1v) is 16.8. The number of carbonyl (C=O) groups excluding carboxylic acids is 2. The highest BCUT2D eigenvalue weighted by atomic mass is 32.2. The van der Waals surface area contributed by atoms with Crippen LogP contribution in [0.4, 0.5) is 5.69 Å². The van der Waals surface area contributed by atoms with Gasteiger partial charge in [-0.2, -0.15) is 4.31 Å². The molecule has 0 spiro atoms. The quantitative estimate of drug-likeness (QED) is 0.300. The van der Waals surface area contributed by atoms with E-state index in [1.54, 1.807) is 12.1 Å². The van der Waals surface area contributed by atoms with Crippen LogP contribution in [0.2, 0.25) is 0 Å². The standard InChI is InChI=1S/C30H34N6O4S2/c37-28(21-35-26-12-5-4-11-25(26)32-33-35)36(29(27-13-8-20-41-27)30(38)31-22-9-2-3-10-22)23-14-16-24(17-15-23)42(39,40)34-18-6-1-7-19-34/h4-5,8,11-17,20,22,29H,1-3,6-7,9-10,18-19,21H2,(H,31,38). The van der Waals surface area contributed by atoms with Gasteiger partial charge in [0.2, 0.25) is 21.8 Å². The van der Waals surface area contributed by atoms with Crippen LogP contribution in [0.5, 0.6) is 0 Å². The third-order valence-electron chi connectivity index (χ3n) is 8.06. The van der Waals surface area contributed by atoms with Crippen LogP contribution in [-0.4, -0.2) is 58.7 Å². The maximum atomic E-state index is 14.2. The number of sulfonamides is 1. The van der Waals surface area contributed by atoms with Gasteiger partial charge in [0.1, 0.15) is 18.1 Å². The van der Waals surface area contributed by atoms with Crippen molar-refractivity contribution in [1.82, 2.24) is 24.6 Å². The Kier molecular flexibility index (Phi) is 8.36. The molecule has 0 bridgehead atoms. The number of aromatic nitrogens is 3. The Bertz CT molecular complexity index is 1640. The minimum Gasteiger partial charge on any atom is -0.351 e. The van der Waals surface area contributed by atoms with Crippen LogP contribution < -0.4 is 10.2 Å². The van der Waals surface area contributed by atoms with Crippen molar-refractivity contribution in [1.29, 1.82) is 0 Å². The number of para-hydroxylation sites is 1. The van der Waals surface area contributed by atoms with Crippen molar-refractivity contribution in [2.45, 2.75) is 68.5 Å². The summed E-state index contributed by atoms with van der Waals surface area (Å²) >= 11 is 1.40. The average molecular weight is 607 g/mol. The zero-order chi connectivity index (χ0) is 29.1. The van der Waals surface area contributed by atoms with E-state index in [-0.39, 0.29) is 29.3 Å². The van der Waals surface area contributed by atoms with Gasteiger partial charge in [-0.15, -0.1) is 16.4 Å². The number of fused-ring (bicyclic) bond motifs is 1. The largest absolute Gasteiger partial charge is 0.351 e. The van der Waals surface area contributed by atoms with Gasteiger partial charge >= 0.3 is 0 Å². The molecule has 2 aliphatic rings. The Labute approximate surface area is 249 Å². The van der Waals surface area contributed by atoms with Gasteiger partial charge in [-0.25, -0.2) is 13.1 Å². The molecule has 1 saturated heterocycles. The van der Waals surface area contributed by atoms with Gasteiger partial charge in [-0.1, -0.05) is 42.7 Å². The van der Waals surface area contributed by atoms with Gasteiger partial charge in [0.15, 0.2) is 0 Å². The molecule has 0 radical (unpaired) electrons. The summed E-state index contributed by atoms with van der Waals surface area (Å²) in [6.07, 6.45) is 6.64. The Morgan fingerprint density at radius 1 is 0.952 bits per heavy atom. The van der Waals surface area contributed by atoms with Gasteiger partial charge in [-0.3, -0.25) is 14.5 Å². The van der Waals surface area contributed by atoms with Gasteiger partial charge in [-0.05, 0) is 73.5 Å². The third-order valence-corrected chi connectivity index (χ3v) is 10.9. The predicted molar refractivity (Wildman–Crippen MR) is 162 cm³/mol. The molecule has 6 rings (SSSR count). The number of thiophene rings is 1. The van der Waals surface area contributed by atoms with E-state index in [4.69, 9.17) is 0 Å². The summed E-state index contributed by atoms with van der Waals surface area (Å²) in [6, 6.07) is 16.5. The van der Waals surface area contributed by atoms with Crippen LogP contribution in [0.3, 0.4) is 0 Å². The molecule has 10 nitrogen and oxygen atoms in total. The molecule has 12 heteroatoms. The predicted octanol–water partition coefficient (Wildman–Crippen LogP) is 4.50. The van der Waals surface area contributed by atoms with Gasteiger partial charge in [0, 0.05) is 29.7 Å². The maximum Gasteiger partial charge on any atom is 0.249 e. The second-order valence-electron chi connectivity index (χ2n) is 10.9. The topological polar surface area (TPSA) is 117 Å². The fourth-order valence-corrected chi connectivity index (χ4v) is 8.21. The molecule has 42 heavy (non-hydrogen) atoms. The SMILES string of the molecule is O=C(NC1CCCC1)C(c1cccs1)N(C(=O)Cn1nnc2ccccc21)c1ccc(S(=O)(=O)N2CCCCC2)cc1. The number of benzene rings is 2. The van der Waals surface area contributed by atoms with Gasteiger partial charge in [0.05, 0.1) is 10.4 Å². The van der Waals surface area contributed by atoms with Crippen LogP contribution in [-0.2, 0) is 26.2 Å². The second kappa shape index (κ2) is 12.3. The number of carbonyl (C=O) groups is 2. The van der Waals surface area contributed by atoms with E-state index in [1.165, 1.54) is 37.4 Å². The molecule has 2 aromatic heterocycles. The lowest BCUT2D eigenvalue weighted by Crippen LogP contribution is -2.47. The van der Waals surface area contributed by atoms with Crippen LogP contribution in [0.1, 0.15) is 55.9 Å². The van der Waals surface area contributed by atoms with Crippen molar-refractivity contribution in [3.8, 4) is 0 Å². The maximum absolute atomic E-state index is 14.2. The van der Waals surface area contributed by atoms with Crippen molar-refractivity contribution in [3.05, 3.63) is 70.9 Å². The molecule has 1 atom stereocenters. The summed E-state index contributed by atoms with van der Waals surface area (Å²) in [5.41, 5.74) is 1.80.